The fraction of sp³-hybridized carbons (Fsp3) is 0.500. The largest absolute Gasteiger partial charge is 0.573 e. The quantitative estimate of drug-likeness (QED) is 0.198. The van der Waals surface area contributed by atoms with Gasteiger partial charge in [-0.1, -0.05) is 17.7 Å². The van der Waals surface area contributed by atoms with Gasteiger partial charge in [-0.3, -0.25) is 4.79 Å². The zero-order valence-corrected chi connectivity index (χ0v) is 27.2. The van der Waals surface area contributed by atoms with Crippen LogP contribution in [0.5, 0.6) is 5.75 Å². The molecule has 1 unspecified atom stereocenters. The topological polar surface area (TPSA) is 131 Å². The number of carbonyl (C=O) groups is 2. The zero-order chi connectivity index (χ0) is 34.2. The average molecular weight is 679 g/mol. The van der Waals surface area contributed by atoms with E-state index in [1.54, 1.807) is 39.1 Å². The van der Waals surface area contributed by atoms with Gasteiger partial charge in [-0.25, -0.2) is 9.48 Å². The molecule has 1 aliphatic heterocycles. The summed E-state index contributed by atoms with van der Waals surface area (Å²) in [5.74, 6) is -0.861. The Morgan fingerprint density at radius 1 is 1.19 bits per heavy atom. The van der Waals surface area contributed by atoms with Crippen molar-refractivity contribution in [3.63, 3.8) is 0 Å². The molecule has 2 N–H and O–H groups in total. The Kier molecular flexibility index (Phi) is 11.8. The summed E-state index contributed by atoms with van der Waals surface area (Å²) in [6, 6.07) is 9.46. The molecule has 1 fully saturated rings. The van der Waals surface area contributed by atoms with Gasteiger partial charge >= 0.3 is 12.5 Å². The van der Waals surface area contributed by atoms with Gasteiger partial charge in [0.25, 0.3) is 0 Å². The summed E-state index contributed by atoms with van der Waals surface area (Å²) in [4.78, 5) is 26.9. The van der Waals surface area contributed by atoms with Gasteiger partial charge in [0.05, 0.1) is 28.4 Å². The molecule has 0 aliphatic carbocycles. The summed E-state index contributed by atoms with van der Waals surface area (Å²) < 4.78 is 54.9. The second-order valence-corrected chi connectivity index (χ2v) is 12.5. The molecule has 3 aromatic rings. The third-order valence-electron chi connectivity index (χ3n) is 7.12. The molecule has 0 saturated carbocycles. The number of nitrogens with zero attached hydrogens (tertiary/aromatic N) is 4. The smallest absolute Gasteiger partial charge is 0.444 e. The minimum absolute atomic E-state index is 0.00888. The van der Waals surface area contributed by atoms with Gasteiger partial charge in [0, 0.05) is 50.3 Å². The van der Waals surface area contributed by atoms with Crippen molar-refractivity contribution >= 4 is 40.2 Å². The molecule has 15 heteroatoms. The van der Waals surface area contributed by atoms with Crippen LogP contribution in [0, 0.1) is 11.3 Å². The number of amides is 2. The van der Waals surface area contributed by atoms with E-state index in [4.69, 9.17) is 21.1 Å². The molecule has 0 spiro atoms. The summed E-state index contributed by atoms with van der Waals surface area (Å²) in [6.07, 6.45) is -0.547. The first-order chi connectivity index (χ1) is 22.2. The van der Waals surface area contributed by atoms with E-state index in [1.165, 1.54) is 17.0 Å². The van der Waals surface area contributed by atoms with Crippen LogP contribution in [-0.4, -0.2) is 64.9 Å². The second-order valence-electron chi connectivity index (χ2n) is 12.1. The standard InChI is InChI=1S/C32H38ClF3N6O5/c1-31(2,3)47-30(44)41(20-21-8-9-27(24(33)15-21)46-32(34,35)36)13-10-28(43)39-12-6-11-38-25-16-22(18-37)17-26-23(25)19-40-42(26)29-7-4-5-14-45-29/h8-9,15-17,19,29,38H,4-7,10-14,20H2,1-3H3,(H,39,43). The van der Waals surface area contributed by atoms with Crippen LogP contribution in [0.1, 0.15) is 70.2 Å². The van der Waals surface area contributed by atoms with Crippen molar-refractivity contribution < 1.29 is 37.0 Å². The predicted octanol–water partition coefficient (Wildman–Crippen LogP) is 6.90. The number of fused-ring (bicyclic) bond motifs is 1. The van der Waals surface area contributed by atoms with E-state index >= 15 is 0 Å². The number of halogens is 4. The van der Waals surface area contributed by atoms with E-state index in [0.29, 0.717) is 37.2 Å². The van der Waals surface area contributed by atoms with E-state index in [0.717, 1.165) is 41.9 Å². The molecule has 1 aromatic heterocycles. The van der Waals surface area contributed by atoms with Crippen molar-refractivity contribution in [3.8, 4) is 11.8 Å². The number of alkyl halides is 3. The highest BCUT2D eigenvalue weighted by molar-refractivity contribution is 6.32. The molecule has 1 saturated heterocycles. The Morgan fingerprint density at radius 3 is 2.64 bits per heavy atom. The molecule has 4 rings (SSSR count). The maximum atomic E-state index is 12.9. The maximum absolute atomic E-state index is 12.9. The summed E-state index contributed by atoms with van der Waals surface area (Å²) in [5.41, 5.74) is 1.68. The van der Waals surface area contributed by atoms with E-state index in [-0.39, 0.29) is 36.7 Å². The van der Waals surface area contributed by atoms with Crippen molar-refractivity contribution in [2.75, 3.05) is 31.6 Å². The lowest BCUT2D eigenvalue weighted by Gasteiger charge is -2.27. The summed E-state index contributed by atoms with van der Waals surface area (Å²) in [5, 5.41) is 20.9. The van der Waals surface area contributed by atoms with Gasteiger partial charge in [0.2, 0.25) is 5.91 Å². The minimum Gasteiger partial charge on any atom is -0.444 e. The van der Waals surface area contributed by atoms with E-state index in [9.17, 15) is 28.0 Å². The number of hydrogen-bond acceptors (Lipinski definition) is 8. The first-order valence-electron chi connectivity index (χ1n) is 15.3. The van der Waals surface area contributed by atoms with Crippen LogP contribution >= 0.6 is 11.6 Å². The molecule has 1 aliphatic rings. The number of nitrogens with one attached hydrogen (secondary N) is 2. The number of nitriles is 1. The highest BCUT2D eigenvalue weighted by Gasteiger charge is 2.32. The number of carbonyl (C=O) groups excluding carboxylic acids is 2. The first-order valence-corrected chi connectivity index (χ1v) is 15.7. The molecule has 47 heavy (non-hydrogen) atoms. The number of hydrogen-bond donors (Lipinski definition) is 2. The van der Waals surface area contributed by atoms with Crippen LogP contribution in [0.4, 0.5) is 23.7 Å². The lowest BCUT2D eigenvalue weighted by atomic mass is 10.1. The normalized spacial score (nSPS) is 15.1. The van der Waals surface area contributed by atoms with Gasteiger partial charge in [0.1, 0.15) is 11.4 Å². The van der Waals surface area contributed by atoms with Gasteiger partial charge < -0.3 is 29.7 Å². The Bertz CT molecular complexity index is 1590. The predicted molar refractivity (Wildman–Crippen MR) is 169 cm³/mol. The molecule has 2 heterocycles. The third kappa shape index (κ3) is 10.7. The molecule has 11 nitrogen and oxygen atoms in total. The van der Waals surface area contributed by atoms with Crippen molar-refractivity contribution in [1.29, 1.82) is 5.26 Å². The lowest BCUT2D eigenvalue weighted by Crippen LogP contribution is -2.39. The summed E-state index contributed by atoms with van der Waals surface area (Å²) in [7, 11) is 0. The third-order valence-corrected chi connectivity index (χ3v) is 7.42. The maximum Gasteiger partial charge on any atom is 0.573 e. The Hall–Kier alpha value is -4.22. The number of aromatic nitrogens is 2. The van der Waals surface area contributed by atoms with E-state index < -0.39 is 23.8 Å². The first kappa shape index (κ1) is 35.6. The number of anilines is 1. The van der Waals surface area contributed by atoms with Crippen LogP contribution in [-0.2, 0) is 20.8 Å². The number of benzene rings is 2. The van der Waals surface area contributed by atoms with Gasteiger partial charge in [-0.2, -0.15) is 10.4 Å². The SMILES string of the molecule is CC(C)(C)OC(=O)N(CCC(=O)NCCCNc1cc(C#N)cc2c1cnn2C1CCCCO1)Cc1ccc(OC(F)(F)F)c(Cl)c1. The van der Waals surface area contributed by atoms with Crippen molar-refractivity contribution in [1.82, 2.24) is 20.0 Å². The fourth-order valence-electron chi connectivity index (χ4n) is 5.00. The van der Waals surface area contributed by atoms with Gasteiger partial charge in [-0.15, -0.1) is 13.2 Å². The van der Waals surface area contributed by atoms with E-state index in [2.05, 4.69) is 26.5 Å². The van der Waals surface area contributed by atoms with Crippen LogP contribution in [0.3, 0.4) is 0 Å². The fourth-order valence-corrected chi connectivity index (χ4v) is 5.24. The lowest BCUT2D eigenvalue weighted by molar-refractivity contribution is -0.274. The monoisotopic (exact) mass is 678 g/mol. The minimum atomic E-state index is -4.90. The van der Waals surface area contributed by atoms with Crippen LogP contribution < -0.4 is 15.4 Å². The highest BCUT2D eigenvalue weighted by Crippen LogP contribution is 2.32. The highest BCUT2D eigenvalue weighted by atomic mass is 35.5. The molecule has 2 amide bonds. The number of rotatable bonds is 12. The van der Waals surface area contributed by atoms with Gasteiger partial charge in [0.15, 0.2) is 6.23 Å². The van der Waals surface area contributed by atoms with Crippen LogP contribution in [0.15, 0.2) is 36.5 Å². The van der Waals surface area contributed by atoms with Crippen molar-refractivity contribution in [2.45, 2.75) is 77.6 Å². The zero-order valence-electron chi connectivity index (χ0n) is 26.5. The molecule has 0 bridgehead atoms. The Labute approximate surface area is 275 Å². The molecule has 2 aromatic carbocycles. The van der Waals surface area contributed by atoms with Gasteiger partial charge in [-0.05, 0) is 76.3 Å². The van der Waals surface area contributed by atoms with Crippen molar-refractivity contribution in [3.05, 3.63) is 52.7 Å². The van der Waals surface area contributed by atoms with Crippen molar-refractivity contribution in [2.24, 2.45) is 0 Å². The number of ether oxygens (including phenoxy) is 3. The molecule has 0 radical (unpaired) electrons. The summed E-state index contributed by atoms with van der Waals surface area (Å²) in [6.45, 7) is 6.56. The van der Waals surface area contributed by atoms with Crippen LogP contribution in [0.25, 0.3) is 10.9 Å². The molecule has 254 valence electrons. The molecular formula is C32H38ClF3N6O5. The van der Waals surface area contributed by atoms with E-state index in [1.807, 2.05) is 4.68 Å². The molecule has 1 atom stereocenters. The Balaban J connectivity index is 1.30. The molecular weight excluding hydrogens is 641 g/mol. The average Bonchev–Trinajstić information content (AvgIpc) is 3.43. The van der Waals surface area contributed by atoms with Crippen LogP contribution in [0.2, 0.25) is 5.02 Å². The Morgan fingerprint density at radius 2 is 1.98 bits per heavy atom. The summed E-state index contributed by atoms with van der Waals surface area (Å²) >= 11 is 5.98. The second kappa shape index (κ2) is 15.6.